The summed E-state index contributed by atoms with van der Waals surface area (Å²) in [5, 5.41) is 10.4. The average molecular weight is 455 g/mol. The number of benzene rings is 2. The van der Waals surface area contributed by atoms with Crippen LogP contribution in [0.2, 0.25) is 0 Å². The van der Waals surface area contributed by atoms with Crippen LogP contribution < -0.4 is 4.90 Å². The first-order valence-electron chi connectivity index (χ1n) is 12.4. The summed E-state index contributed by atoms with van der Waals surface area (Å²) in [7, 11) is 0. The first kappa shape index (κ1) is 21.1. The van der Waals surface area contributed by atoms with Gasteiger partial charge in [-0.3, -0.25) is 4.79 Å². The molecule has 4 aromatic rings. The Bertz CT molecular complexity index is 1350. The molecule has 0 spiro atoms. The molecule has 2 aliphatic rings. The van der Waals surface area contributed by atoms with Gasteiger partial charge in [-0.1, -0.05) is 49.1 Å². The highest BCUT2D eigenvalue weighted by atomic mass is 16.2. The number of aromatic nitrogens is 4. The summed E-state index contributed by atoms with van der Waals surface area (Å²) in [6, 6.07) is 16.0. The van der Waals surface area contributed by atoms with Gasteiger partial charge in [0.1, 0.15) is 5.82 Å². The van der Waals surface area contributed by atoms with Gasteiger partial charge in [0, 0.05) is 43.0 Å². The third-order valence-corrected chi connectivity index (χ3v) is 7.34. The quantitative estimate of drug-likeness (QED) is 0.453. The zero-order valence-electron chi connectivity index (χ0n) is 19.7. The van der Waals surface area contributed by atoms with Gasteiger partial charge < -0.3 is 9.80 Å². The summed E-state index contributed by atoms with van der Waals surface area (Å²) in [4.78, 5) is 22.4. The van der Waals surface area contributed by atoms with E-state index in [2.05, 4.69) is 20.5 Å². The molecule has 1 aliphatic carbocycles. The molecule has 0 atom stereocenters. The molecule has 6 rings (SSSR count). The van der Waals surface area contributed by atoms with Crippen molar-refractivity contribution in [1.82, 2.24) is 24.5 Å². The van der Waals surface area contributed by atoms with Crippen molar-refractivity contribution in [2.45, 2.75) is 44.9 Å². The third kappa shape index (κ3) is 3.69. The van der Waals surface area contributed by atoms with Crippen molar-refractivity contribution in [1.29, 1.82) is 0 Å². The third-order valence-electron chi connectivity index (χ3n) is 7.34. The highest BCUT2D eigenvalue weighted by Gasteiger charge is 2.28. The van der Waals surface area contributed by atoms with E-state index < -0.39 is 0 Å². The van der Waals surface area contributed by atoms with E-state index in [-0.39, 0.29) is 5.91 Å². The summed E-state index contributed by atoms with van der Waals surface area (Å²) in [6.07, 6.45) is 6.11. The van der Waals surface area contributed by atoms with Gasteiger partial charge >= 0.3 is 0 Å². The first-order chi connectivity index (χ1) is 16.7. The smallest absolute Gasteiger partial charge is 0.253 e. The van der Waals surface area contributed by atoms with Crippen LogP contribution in [-0.4, -0.2) is 56.6 Å². The second-order valence-electron chi connectivity index (χ2n) is 9.63. The monoisotopic (exact) mass is 454 g/mol. The number of hydrogen-bond donors (Lipinski definition) is 0. The van der Waals surface area contributed by atoms with Crippen molar-refractivity contribution in [2.75, 3.05) is 31.1 Å². The number of anilines is 1. The van der Waals surface area contributed by atoms with Crippen molar-refractivity contribution >= 4 is 28.4 Å². The molecule has 1 aliphatic heterocycles. The molecule has 0 radical (unpaired) electrons. The summed E-state index contributed by atoms with van der Waals surface area (Å²) in [5.74, 6) is 2.48. The van der Waals surface area contributed by atoms with Crippen molar-refractivity contribution < 1.29 is 4.79 Å². The molecule has 34 heavy (non-hydrogen) atoms. The number of rotatable bonds is 3. The normalized spacial score (nSPS) is 17.6. The number of fused-ring (bicyclic) bond motifs is 3. The lowest BCUT2D eigenvalue weighted by Crippen LogP contribution is -2.49. The standard InChI is InChI=1S/C27H30N6O/c1-19-8-7-11-21(18-19)26(34)31-14-16-32(17-15-31)27-28-23-13-6-5-12-22(23)25-30-29-24(33(25)27)20-9-3-2-4-10-20/h5-8,11-13,18,20H,2-4,9-10,14-17H2,1H3. The van der Waals surface area contributed by atoms with Crippen LogP contribution in [-0.2, 0) is 0 Å². The number of piperazine rings is 1. The Hall–Kier alpha value is -3.48. The van der Waals surface area contributed by atoms with E-state index in [1.165, 1.54) is 19.3 Å². The Labute approximate surface area is 199 Å². The zero-order valence-corrected chi connectivity index (χ0v) is 19.7. The Morgan fingerprint density at radius 3 is 2.50 bits per heavy atom. The fourth-order valence-corrected chi connectivity index (χ4v) is 5.49. The number of aryl methyl sites for hydroxylation is 1. The minimum Gasteiger partial charge on any atom is -0.338 e. The predicted octanol–water partition coefficient (Wildman–Crippen LogP) is 4.60. The lowest BCUT2D eigenvalue weighted by atomic mass is 9.89. The topological polar surface area (TPSA) is 66.6 Å². The summed E-state index contributed by atoms with van der Waals surface area (Å²) < 4.78 is 2.20. The van der Waals surface area contributed by atoms with E-state index >= 15 is 0 Å². The van der Waals surface area contributed by atoms with Gasteiger partial charge in [-0.2, -0.15) is 0 Å². The molecule has 0 unspecified atom stereocenters. The maximum absolute atomic E-state index is 13.1. The molecule has 3 heterocycles. The van der Waals surface area contributed by atoms with Crippen LogP contribution in [0.25, 0.3) is 16.6 Å². The number of para-hydroxylation sites is 1. The molecule has 7 heteroatoms. The van der Waals surface area contributed by atoms with Gasteiger partial charge in [0.05, 0.1) is 5.52 Å². The molecule has 1 amide bonds. The van der Waals surface area contributed by atoms with E-state index in [1.807, 2.05) is 54.3 Å². The summed E-state index contributed by atoms with van der Waals surface area (Å²) >= 11 is 0. The molecule has 2 fully saturated rings. The Kier molecular flexibility index (Phi) is 5.40. The highest BCUT2D eigenvalue weighted by Crippen LogP contribution is 2.34. The van der Waals surface area contributed by atoms with Crippen LogP contribution in [0.1, 0.15) is 59.8 Å². The van der Waals surface area contributed by atoms with E-state index in [4.69, 9.17) is 10.1 Å². The average Bonchev–Trinajstić information content (AvgIpc) is 3.34. The van der Waals surface area contributed by atoms with Crippen molar-refractivity contribution in [3.8, 4) is 0 Å². The van der Waals surface area contributed by atoms with Crippen molar-refractivity contribution in [2.24, 2.45) is 0 Å². The first-order valence-corrected chi connectivity index (χ1v) is 12.4. The molecule has 2 aromatic carbocycles. The number of hydrogen-bond acceptors (Lipinski definition) is 5. The second-order valence-corrected chi connectivity index (χ2v) is 9.63. The lowest BCUT2D eigenvalue weighted by molar-refractivity contribution is 0.0746. The van der Waals surface area contributed by atoms with Crippen LogP contribution in [0.5, 0.6) is 0 Å². The van der Waals surface area contributed by atoms with Crippen LogP contribution >= 0.6 is 0 Å². The van der Waals surface area contributed by atoms with Gasteiger partial charge in [-0.15, -0.1) is 10.2 Å². The summed E-state index contributed by atoms with van der Waals surface area (Å²) in [5.41, 5.74) is 3.69. The van der Waals surface area contributed by atoms with Gasteiger partial charge in [0.15, 0.2) is 5.65 Å². The lowest BCUT2D eigenvalue weighted by Gasteiger charge is -2.36. The van der Waals surface area contributed by atoms with Crippen LogP contribution in [0, 0.1) is 6.92 Å². The minimum absolute atomic E-state index is 0.104. The Morgan fingerprint density at radius 1 is 0.912 bits per heavy atom. The van der Waals surface area contributed by atoms with Gasteiger partial charge in [-0.25, -0.2) is 9.38 Å². The molecule has 7 nitrogen and oxygen atoms in total. The Balaban J connectivity index is 1.34. The largest absolute Gasteiger partial charge is 0.338 e. The molecule has 0 N–H and O–H groups in total. The molecule has 1 saturated carbocycles. The van der Waals surface area contributed by atoms with Gasteiger partial charge in [0.25, 0.3) is 5.91 Å². The molecular weight excluding hydrogens is 424 g/mol. The van der Waals surface area contributed by atoms with Crippen LogP contribution in [0.3, 0.4) is 0 Å². The fourth-order valence-electron chi connectivity index (χ4n) is 5.49. The minimum atomic E-state index is 0.104. The SMILES string of the molecule is Cc1cccc(C(=O)N2CCN(c3nc4ccccc4c4nnc(C5CCCCC5)n34)CC2)c1. The zero-order chi connectivity index (χ0) is 23.1. The van der Waals surface area contributed by atoms with E-state index in [0.29, 0.717) is 19.0 Å². The number of nitrogens with zero attached hydrogens (tertiary/aromatic N) is 6. The second kappa shape index (κ2) is 8.70. The Morgan fingerprint density at radius 2 is 1.71 bits per heavy atom. The van der Waals surface area contributed by atoms with Crippen molar-refractivity contribution in [3.05, 3.63) is 65.5 Å². The van der Waals surface area contributed by atoms with Crippen molar-refractivity contribution in [3.63, 3.8) is 0 Å². The number of carbonyl (C=O) groups is 1. The summed E-state index contributed by atoms with van der Waals surface area (Å²) in [6.45, 7) is 4.84. The van der Waals surface area contributed by atoms with Gasteiger partial charge in [0.2, 0.25) is 5.95 Å². The maximum Gasteiger partial charge on any atom is 0.253 e. The van der Waals surface area contributed by atoms with E-state index in [1.54, 1.807) is 0 Å². The predicted molar refractivity (Wildman–Crippen MR) is 133 cm³/mol. The number of carbonyl (C=O) groups excluding carboxylic acids is 1. The van der Waals surface area contributed by atoms with E-state index in [0.717, 1.165) is 65.4 Å². The van der Waals surface area contributed by atoms with Crippen LogP contribution in [0.4, 0.5) is 5.95 Å². The number of amides is 1. The molecule has 174 valence electrons. The molecule has 0 bridgehead atoms. The fraction of sp³-hybridized carbons (Fsp3) is 0.407. The highest BCUT2D eigenvalue weighted by molar-refractivity contribution is 5.95. The molecular formula is C27H30N6O. The molecule has 2 aromatic heterocycles. The van der Waals surface area contributed by atoms with Gasteiger partial charge in [-0.05, 0) is 44.0 Å². The van der Waals surface area contributed by atoms with Crippen LogP contribution in [0.15, 0.2) is 48.5 Å². The molecule has 1 saturated heterocycles. The maximum atomic E-state index is 13.1. The van der Waals surface area contributed by atoms with E-state index in [9.17, 15) is 4.79 Å².